The fourth-order valence-electron chi connectivity index (χ4n) is 2.53. The Morgan fingerprint density at radius 2 is 2.17 bits per heavy atom. The molecule has 0 bridgehead atoms. The van der Waals surface area contributed by atoms with Gasteiger partial charge >= 0.3 is 0 Å². The normalized spacial score (nSPS) is 23.9. The Morgan fingerprint density at radius 1 is 1.39 bits per heavy atom. The largest absolute Gasteiger partial charge is 0.387 e. The smallest absolute Gasteiger partial charge is 0.0951 e. The lowest BCUT2D eigenvalue weighted by molar-refractivity contribution is 0.154. The van der Waals surface area contributed by atoms with Crippen LogP contribution in [0.25, 0.3) is 0 Å². The molecule has 1 fully saturated rings. The first-order valence-corrected chi connectivity index (χ1v) is 7.12. The summed E-state index contributed by atoms with van der Waals surface area (Å²) in [5.74, 6) is 0.827. The van der Waals surface area contributed by atoms with Gasteiger partial charge in [-0.05, 0) is 41.8 Å². The van der Waals surface area contributed by atoms with Gasteiger partial charge in [-0.15, -0.1) is 5.10 Å². The van der Waals surface area contributed by atoms with Crippen LogP contribution in [0.4, 0.5) is 0 Å². The van der Waals surface area contributed by atoms with Gasteiger partial charge < -0.3 is 5.11 Å². The quantitative estimate of drug-likeness (QED) is 0.919. The minimum absolute atomic E-state index is 0.333. The van der Waals surface area contributed by atoms with E-state index < -0.39 is 6.10 Å². The minimum atomic E-state index is -0.398. The molecular weight excluding hydrogens is 244 g/mol. The lowest BCUT2D eigenvalue weighted by Crippen LogP contribution is -2.02. The molecule has 3 nitrogen and oxygen atoms in total. The second-order valence-corrected chi connectivity index (χ2v) is 5.58. The fraction of sp³-hybridized carbons (Fsp3) is 0.429. The van der Waals surface area contributed by atoms with Gasteiger partial charge in [0.2, 0.25) is 0 Å². The van der Waals surface area contributed by atoms with E-state index in [0.29, 0.717) is 11.8 Å². The highest BCUT2D eigenvalue weighted by molar-refractivity contribution is 7.05. The molecule has 1 aliphatic rings. The summed E-state index contributed by atoms with van der Waals surface area (Å²) in [4.78, 5) is 0.959. The van der Waals surface area contributed by atoms with Crippen molar-refractivity contribution in [2.45, 2.75) is 31.8 Å². The molecule has 3 rings (SSSR count). The molecule has 3 unspecified atom stereocenters. The molecule has 2 aromatic rings. The summed E-state index contributed by atoms with van der Waals surface area (Å²) < 4.78 is 3.95. The second-order valence-electron chi connectivity index (χ2n) is 4.80. The van der Waals surface area contributed by atoms with Crippen molar-refractivity contribution in [2.75, 3.05) is 0 Å². The standard InChI is InChI=1S/C14H16N2OS/c1-2-12-14(18-16-15-12)13(17)11-8-10(11)9-6-4-3-5-7-9/h3-7,10-11,13,17H,2,8H2,1H3. The Bertz CT molecular complexity index is 526. The van der Waals surface area contributed by atoms with Crippen LogP contribution in [0.2, 0.25) is 0 Å². The van der Waals surface area contributed by atoms with Gasteiger partial charge in [0.25, 0.3) is 0 Å². The Morgan fingerprint density at radius 3 is 2.89 bits per heavy atom. The third-order valence-electron chi connectivity index (χ3n) is 3.66. The Balaban J connectivity index is 1.75. The zero-order valence-corrected chi connectivity index (χ0v) is 11.1. The summed E-state index contributed by atoms with van der Waals surface area (Å²) in [6.45, 7) is 2.05. The van der Waals surface area contributed by atoms with E-state index in [-0.39, 0.29) is 0 Å². The number of aromatic nitrogens is 2. The molecule has 0 aliphatic heterocycles. The number of hydrogen-bond acceptors (Lipinski definition) is 4. The first-order valence-electron chi connectivity index (χ1n) is 6.35. The van der Waals surface area contributed by atoms with Crippen LogP contribution in [-0.4, -0.2) is 14.7 Å². The zero-order chi connectivity index (χ0) is 12.5. The van der Waals surface area contributed by atoms with E-state index in [9.17, 15) is 5.11 Å². The SMILES string of the molecule is CCc1nnsc1C(O)C1CC1c1ccccc1. The number of benzene rings is 1. The molecule has 0 amide bonds. The van der Waals surface area contributed by atoms with Crippen LogP contribution >= 0.6 is 11.5 Å². The molecule has 1 aliphatic carbocycles. The van der Waals surface area contributed by atoms with Gasteiger partial charge in [0.15, 0.2) is 0 Å². The molecule has 3 atom stereocenters. The molecule has 94 valence electrons. The maximum absolute atomic E-state index is 10.4. The first-order chi connectivity index (χ1) is 8.81. The van der Waals surface area contributed by atoms with E-state index in [1.165, 1.54) is 17.1 Å². The van der Waals surface area contributed by atoms with E-state index in [1.54, 1.807) is 0 Å². The van der Waals surface area contributed by atoms with E-state index in [0.717, 1.165) is 23.4 Å². The summed E-state index contributed by atoms with van der Waals surface area (Å²) in [5.41, 5.74) is 2.28. The van der Waals surface area contributed by atoms with Crippen LogP contribution < -0.4 is 0 Å². The van der Waals surface area contributed by atoms with Crippen LogP contribution in [0.5, 0.6) is 0 Å². The predicted octanol–water partition coefficient (Wildman–Crippen LogP) is 2.94. The molecule has 1 aromatic carbocycles. The van der Waals surface area contributed by atoms with Crippen LogP contribution in [0, 0.1) is 5.92 Å². The number of hydrogen-bond donors (Lipinski definition) is 1. The van der Waals surface area contributed by atoms with Gasteiger partial charge in [0.05, 0.1) is 16.7 Å². The number of rotatable bonds is 4. The van der Waals surface area contributed by atoms with E-state index >= 15 is 0 Å². The number of aliphatic hydroxyl groups is 1. The van der Waals surface area contributed by atoms with E-state index in [1.807, 2.05) is 6.07 Å². The molecule has 0 radical (unpaired) electrons. The van der Waals surface area contributed by atoms with Gasteiger partial charge in [-0.2, -0.15) is 0 Å². The average Bonchev–Trinajstić information content (AvgIpc) is 3.08. The molecule has 0 saturated heterocycles. The van der Waals surface area contributed by atoms with Gasteiger partial charge in [-0.25, -0.2) is 0 Å². The van der Waals surface area contributed by atoms with Crippen molar-refractivity contribution in [1.29, 1.82) is 0 Å². The minimum Gasteiger partial charge on any atom is -0.387 e. The van der Waals surface area contributed by atoms with Crippen molar-refractivity contribution in [1.82, 2.24) is 9.59 Å². The molecule has 0 spiro atoms. The average molecular weight is 260 g/mol. The third kappa shape index (κ3) is 2.06. The molecule has 1 heterocycles. The highest BCUT2D eigenvalue weighted by Crippen LogP contribution is 2.54. The van der Waals surface area contributed by atoms with Gasteiger partial charge in [-0.3, -0.25) is 0 Å². The third-order valence-corrected chi connectivity index (χ3v) is 4.50. The van der Waals surface area contributed by atoms with Crippen molar-refractivity contribution in [3.8, 4) is 0 Å². The van der Waals surface area contributed by atoms with Crippen molar-refractivity contribution in [2.24, 2.45) is 5.92 Å². The van der Waals surface area contributed by atoms with Crippen LogP contribution in [0.15, 0.2) is 30.3 Å². The van der Waals surface area contributed by atoms with E-state index in [2.05, 4.69) is 40.8 Å². The summed E-state index contributed by atoms with van der Waals surface area (Å²) in [6, 6.07) is 10.4. The molecule has 1 aromatic heterocycles. The molecule has 1 saturated carbocycles. The Labute approximate surface area is 111 Å². The highest BCUT2D eigenvalue weighted by atomic mass is 32.1. The maximum atomic E-state index is 10.4. The van der Waals surface area contributed by atoms with Crippen molar-refractivity contribution >= 4 is 11.5 Å². The summed E-state index contributed by atoms with van der Waals surface area (Å²) in [7, 11) is 0. The number of nitrogens with zero attached hydrogens (tertiary/aromatic N) is 2. The highest BCUT2D eigenvalue weighted by Gasteiger charge is 2.45. The summed E-state index contributed by atoms with van der Waals surface area (Å²) >= 11 is 1.34. The lowest BCUT2D eigenvalue weighted by Gasteiger charge is -2.08. The van der Waals surface area contributed by atoms with Crippen molar-refractivity contribution in [3.63, 3.8) is 0 Å². The Hall–Kier alpha value is -1.26. The van der Waals surface area contributed by atoms with Crippen LogP contribution in [0.1, 0.15) is 41.5 Å². The number of aliphatic hydroxyl groups excluding tert-OH is 1. The van der Waals surface area contributed by atoms with Crippen LogP contribution in [-0.2, 0) is 6.42 Å². The molecule has 4 heteroatoms. The van der Waals surface area contributed by atoms with Gasteiger partial charge in [0.1, 0.15) is 0 Å². The van der Waals surface area contributed by atoms with Crippen LogP contribution in [0.3, 0.4) is 0 Å². The van der Waals surface area contributed by atoms with Gasteiger partial charge in [-0.1, -0.05) is 41.7 Å². The van der Waals surface area contributed by atoms with E-state index in [4.69, 9.17) is 0 Å². The summed E-state index contributed by atoms with van der Waals surface area (Å²) in [5, 5.41) is 14.5. The number of aryl methyl sites for hydroxylation is 1. The lowest BCUT2D eigenvalue weighted by atomic mass is 10.0. The second kappa shape index (κ2) is 4.78. The fourth-order valence-corrected chi connectivity index (χ4v) is 3.33. The van der Waals surface area contributed by atoms with Crippen molar-refractivity contribution < 1.29 is 5.11 Å². The zero-order valence-electron chi connectivity index (χ0n) is 10.3. The monoisotopic (exact) mass is 260 g/mol. The predicted molar refractivity (Wildman–Crippen MR) is 71.5 cm³/mol. The van der Waals surface area contributed by atoms with Crippen molar-refractivity contribution in [3.05, 3.63) is 46.5 Å². The first kappa shape index (κ1) is 11.8. The topological polar surface area (TPSA) is 46.0 Å². The molecule has 1 N–H and O–H groups in total. The summed E-state index contributed by atoms with van der Waals surface area (Å²) in [6.07, 6.45) is 1.50. The molecular formula is C14H16N2OS. The molecule has 18 heavy (non-hydrogen) atoms. The maximum Gasteiger partial charge on any atom is 0.0951 e. The van der Waals surface area contributed by atoms with Gasteiger partial charge in [0, 0.05) is 0 Å². The Kier molecular flexibility index (Phi) is 3.14.